The van der Waals surface area contributed by atoms with Crippen molar-refractivity contribution >= 4 is 23.6 Å². The van der Waals surface area contributed by atoms with Gasteiger partial charge in [0.05, 0.1) is 11.1 Å². The highest BCUT2D eigenvalue weighted by atomic mass is 32.2. The van der Waals surface area contributed by atoms with E-state index in [0.717, 1.165) is 12.2 Å². The first-order valence-electron chi connectivity index (χ1n) is 5.84. The van der Waals surface area contributed by atoms with Crippen molar-refractivity contribution < 1.29 is 9.59 Å². The number of carbonyl (C=O) groups is 2. The first kappa shape index (κ1) is 10.8. The fourth-order valence-corrected chi connectivity index (χ4v) is 3.65. The molecule has 0 radical (unpaired) electrons. The fraction of sp³-hybridized carbons (Fsp3) is 0.385. The standard InChI is InChI=1S/C13H13NO2S/c15-12-10-5-1-2-6-11(10)13(16)14(12)8-9-4-3-7-17-9/h1-2,5-6,9H,3-4,7-8H2. The van der Waals surface area contributed by atoms with Crippen molar-refractivity contribution in [3.8, 4) is 0 Å². The van der Waals surface area contributed by atoms with Crippen LogP contribution < -0.4 is 0 Å². The smallest absolute Gasteiger partial charge is 0.261 e. The van der Waals surface area contributed by atoms with Gasteiger partial charge < -0.3 is 0 Å². The predicted molar refractivity (Wildman–Crippen MR) is 67.3 cm³/mol. The number of nitrogens with zero attached hydrogens (tertiary/aromatic N) is 1. The van der Waals surface area contributed by atoms with Crippen LogP contribution in [0.5, 0.6) is 0 Å². The minimum atomic E-state index is -0.127. The zero-order valence-corrected chi connectivity index (χ0v) is 10.2. The number of rotatable bonds is 2. The van der Waals surface area contributed by atoms with Gasteiger partial charge in [0.25, 0.3) is 11.8 Å². The second kappa shape index (κ2) is 4.18. The molecule has 0 bridgehead atoms. The van der Waals surface area contributed by atoms with Gasteiger partial charge in [0, 0.05) is 11.8 Å². The van der Waals surface area contributed by atoms with Crippen LogP contribution in [0.15, 0.2) is 24.3 Å². The van der Waals surface area contributed by atoms with Crippen molar-refractivity contribution in [3.63, 3.8) is 0 Å². The molecule has 0 aliphatic carbocycles. The lowest BCUT2D eigenvalue weighted by molar-refractivity contribution is 0.0654. The van der Waals surface area contributed by atoms with Crippen LogP contribution in [0.2, 0.25) is 0 Å². The van der Waals surface area contributed by atoms with Crippen molar-refractivity contribution in [2.75, 3.05) is 12.3 Å². The summed E-state index contributed by atoms with van der Waals surface area (Å²) < 4.78 is 0. The number of thioether (sulfide) groups is 1. The molecule has 4 heteroatoms. The topological polar surface area (TPSA) is 37.4 Å². The van der Waals surface area contributed by atoms with E-state index in [1.54, 1.807) is 24.3 Å². The molecule has 88 valence electrons. The maximum absolute atomic E-state index is 12.1. The summed E-state index contributed by atoms with van der Waals surface area (Å²) >= 11 is 1.87. The Hall–Kier alpha value is -1.29. The van der Waals surface area contributed by atoms with Gasteiger partial charge in [-0.25, -0.2) is 0 Å². The molecule has 0 saturated carbocycles. The number of hydrogen-bond donors (Lipinski definition) is 0. The molecule has 2 heterocycles. The maximum Gasteiger partial charge on any atom is 0.261 e. The van der Waals surface area contributed by atoms with Crippen molar-refractivity contribution in [3.05, 3.63) is 35.4 Å². The molecule has 0 spiro atoms. The van der Waals surface area contributed by atoms with Crippen LogP contribution in [0.1, 0.15) is 33.6 Å². The van der Waals surface area contributed by atoms with Crippen molar-refractivity contribution in [1.29, 1.82) is 0 Å². The number of fused-ring (bicyclic) bond motifs is 1. The summed E-state index contributed by atoms with van der Waals surface area (Å²) in [6.45, 7) is 0.566. The second-order valence-electron chi connectivity index (χ2n) is 4.40. The Balaban J connectivity index is 1.84. The summed E-state index contributed by atoms with van der Waals surface area (Å²) in [6, 6.07) is 7.07. The van der Waals surface area contributed by atoms with E-state index in [-0.39, 0.29) is 11.8 Å². The Kier molecular flexibility index (Phi) is 2.67. The molecule has 0 N–H and O–H groups in total. The van der Waals surface area contributed by atoms with Gasteiger partial charge >= 0.3 is 0 Å². The Bertz CT molecular complexity index is 445. The second-order valence-corrected chi connectivity index (χ2v) is 5.81. The highest BCUT2D eigenvalue weighted by Crippen LogP contribution is 2.30. The Morgan fingerprint density at radius 1 is 1.18 bits per heavy atom. The lowest BCUT2D eigenvalue weighted by Crippen LogP contribution is -2.35. The SMILES string of the molecule is O=C1c2ccccc2C(=O)N1CC1CCCS1. The monoisotopic (exact) mass is 247 g/mol. The van der Waals surface area contributed by atoms with E-state index in [0.29, 0.717) is 22.9 Å². The zero-order valence-electron chi connectivity index (χ0n) is 9.39. The third-order valence-corrected chi connectivity index (χ3v) is 4.67. The van der Waals surface area contributed by atoms with Gasteiger partial charge in [0.2, 0.25) is 0 Å². The molecular formula is C13H13NO2S. The van der Waals surface area contributed by atoms with Crippen molar-refractivity contribution in [1.82, 2.24) is 4.90 Å². The van der Waals surface area contributed by atoms with Crippen LogP contribution in [-0.4, -0.2) is 34.3 Å². The van der Waals surface area contributed by atoms with E-state index in [2.05, 4.69) is 0 Å². The summed E-state index contributed by atoms with van der Waals surface area (Å²) in [5, 5.41) is 0.428. The fourth-order valence-electron chi connectivity index (χ4n) is 2.40. The van der Waals surface area contributed by atoms with Gasteiger partial charge in [0.15, 0.2) is 0 Å². The molecule has 1 fully saturated rings. The van der Waals surface area contributed by atoms with E-state index >= 15 is 0 Å². The molecule has 1 aromatic carbocycles. The largest absolute Gasteiger partial charge is 0.273 e. The summed E-state index contributed by atoms with van der Waals surface area (Å²) in [5.74, 6) is 0.893. The lowest BCUT2D eigenvalue weighted by Gasteiger charge is -2.17. The van der Waals surface area contributed by atoms with E-state index in [4.69, 9.17) is 0 Å². The molecule has 3 nitrogen and oxygen atoms in total. The Morgan fingerprint density at radius 2 is 1.82 bits per heavy atom. The molecule has 1 aromatic rings. The highest BCUT2D eigenvalue weighted by Gasteiger charge is 2.36. The van der Waals surface area contributed by atoms with Crippen LogP contribution in [0.4, 0.5) is 0 Å². The third kappa shape index (κ3) is 1.76. The number of benzene rings is 1. The molecule has 2 aliphatic rings. The highest BCUT2D eigenvalue weighted by molar-refractivity contribution is 8.00. The predicted octanol–water partition coefficient (Wildman–Crippen LogP) is 2.18. The van der Waals surface area contributed by atoms with Gasteiger partial charge in [-0.15, -0.1) is 0 Å². The minimum Gasteiger partial charge on any atom is -0.273 e. The normalized spacial score (nSPS) is 23.3. The molecule has 2 aliphatic heterocycles. The summed E-state index contributed by atoms with van der Waals surface area (Å²) in [7, 11) is 0. The van der Waals surface area contributed by atoms with Crippen molar-refractivity contribution in [2.45, 2.75) is 18.1 Å². The van der Waals surface area contributed by atoms with Crippen LogP contribution >= 0.6 is 11.8 Å². The van der Waals surface area contributed by atoms with Crippen molar-refractivity contribution in [2.24, 2.45) is 0 Å². The molecule has 1 saturated heterocycles. The average Bonchev–Trinajstić information content (AvgIpc) is 2.94. The zero-order chi connectivity index (χ0) is 11.8. The van der Waals surface area contributed by atoms with Gasteiger partial charge in [-0.1, -0.05) is 12.1 Å². The van der Waals surface area contributed by atoms with Gasteiger partial charge in [0.1, 0.15) is 0 Å². The summed E-state index contributed by atoms with van der Waals surface area (Å²) in [5.41, 5.74) is 1.11. The molecule has 3 rings (SSSR count). The first-order valence-corrected chi connectivity index (χ1v) is 6.89. The third-order valence-electron chi connectivity index (χ3n) is 3.29. The van der Waals surface area contributed by atoms with Gasteiger partial charge in [-0.2, -0.15) is 11.8 Å². The van der Waals surface area contributed by atoms with Gasteiger partial charge in [-0.05, 0) is 30.7 Å². The molecule has 1 unspecified atom stereocenters. The number of imide groups is 1. The first-order chi connectivity index (χ1) is 8.27. The summed E-state index contributed by atoms with van der Waals surface area (Å²) in [6.07, 6.45) is 2.30. The van der Waals surface area contributed by atoms with Crippen LogP contribution in [0.3, 0.4) is 0 Å². The Labute approximate surface area is 104 Å². The van der Waals surface area contributed by atoms with Gasteiger partial charge in [-0.3, -0.25) is 14.5 Å². The van der Waals surface area contributed by atoms with Crippen LogP contribution in [0, 0.1) is 0 Å². The quantitative estimate of drug-likeness (QED) is 0.752. The maximum atomic E-state index is 12.1. The molecule has 17 heavy (non-hydrogen) atoms. The average molecular weight is 247 g/mol. The number of amides is 2. The summed E-state index contributed by atoms with van der Waals surface area (Å²) in [4.78, 5) is 25.6. The van der Waals surface area contributed by atoms with Crippen LogP contribution in [-0.2, 0) is 0 Å². The molecular weight excluding hydrogens is 234 g/mol. The molecule has 2 amide bonds. The van der Waals surface area contributed by atoms with E-state index < -0.39 is 0 Å². The number of carbonyl (C=O) groups excluding carboxylic acids is 2. The Morgan fingerprint density at radius 3 is 2.35 bits per heavy atom. The lowest BCUT2D eigenvalue weighted by atomic mass is 10.1. The van der Waals surface area contributed by atoms with E-state index in [1.807, 2.05) is 11.8 Å². The van der Waals surface area contributed by atoms with E-state index in [9.17, 15) is 9.59 Å². The van der Waals surface area contributed by atoms with E-state index in [1.165, 1.54) is 11.3 Å². The minimum absolute atomic E-state index is 0.127. The molecule has 0 aromatic heterocycles. The molecule has 1 atom stereocenters. The van der Waals surface area contributed by atoms with Crippen LogP contribution in [0.25, 0.3) is 0 Å². The number of hydrogen-bond acceptors (Lipinski definition) is 3.